The topological polar surface area (TPSA) is 67.9 Å². The number of rotatable bonds is 3. The van der Waals surface area contributed by atoms with Crippen molar-refractivity contribution in [2.75, 3.05) is 5.32 Å². The van der Waals surface area contributed by atoms with E-state index in [2.05, 4.69) is 15.5 Å². The van der Waals surface area contributed by atoms with Crippen LogP contribution in [0.2, 0.25) is 0 Å². The molecule has 0 unspecified atom stereocenters. The molecular formula is C16H21N5O. The standard InChI is InChI=1S/C16H21N5O/c1-10-8-14(21(5)18-10)17-15-12-7-6-11(16(2,3)22)9-13(12)20(4)19-15/h6-9,22H,1-5H3,(H,17,19). The van der Waals surface area contributed by atoms with Gasteiger partial charge in [-0.15, -0.1) is 0 Å². The van der Waals surface area contributed by atoms with Crippen molar-refractivity contribution in [3.8, 4) is 0 Å². The van der Waals surface area contributed by atoms with Gasteiger partial charge >= 0.3 is 0 Å². The summed E-state index contributed by atoms with van der Waals surface area (Å²) in [5, 5.41) is 23.4. The van der Waals surface area contributed by atoms with Crippen molar-refractivity contribution in [2.45, 2.75) is 26.4 Å². The maximum Gasteiger partial charge on any atom is 0.161 e. The number of hydrogen-bond acceptors (Lipinski definition) is 4. The Balaban J connectivity index is 2.06. The molecule has 0 saturated carbocycles. The van der Waals surface area contributed by atoms with E-state index in [1.807, 2.05) is 50.0 Å². The second-order valence-electron chi connectivity index (χ2n) is 6.18. The summed E-state index contributed by atoms with van der Waals surface area (Å²) in [7, 11) is 3.79. The molecular weight excluding hydrogens is 278 g/mol. The van der Waals surface area contributed by atoms with Crippen LogP contribution in [0.1, 0.15) is 25.1 Å². The fourth-order valence-electron chi connectivity index (χ4n) is 2.58. The average molecular weight is 299 g/mol. The molecule has 116 valence electrons. The third kappa shape index (κ3) is 2.46. The smallest absolute Gasteiger partial charge is 0.161 e. The Morgan fingerprint density at radius 2 is 1.82 bits per heavy atom. The van der Waals surface area contributed by atoms with Crippen molar-refractivity contribution in [1.29, 1.82) is 0 Å². The lowest BCUT2D eigenvalue weighted by Crippen LogP contribution is -2.15. The Labute approximate surface area is 129 Å². The second-order valence-corrected chi connectivity index (χ2v) is 6.18. The number of anilines is 2. The van der Waals surface area contributed by atoms with Crippen LogP contribution >= 0.6 is 0 Å². The summed E-state index contributed by atoms with van der Waals surface area (Å²) in [5.74, 6) is 1.67. The third-order valence-electron chi connectivity index (χ3n) is 3.81. The number of nitrogens with one attached hydrogen (secondary N) is 1. The number of aryl methyl sites for hydroxylation is 3. The summed E-state index contributed by atoms with van der Waals surface area (Å²) < 4.78 is 3.61. The highest BCUT2D eigenvalue weighted by atomic mass is 16.3. The molecule has 0 atom stereocenters. The summed E-state index contributed by atoms with van der Waals surface area (Å²) in [6, 6.07) is 7.87. The lowest BCUT2D eigenvalue weighted by Gasteiger charge is -2.17. The Kier molecular flexibility index (Phi) is 3.21. The normalized spacial score (nSPS) is 12.1. The molecule has 0 fully saturated rings. The summed E-state index contributed by atoms with van der Waals surface area (Å²) in [4.78, 5) is 0. The van der Waals surface area contributed by atoms with E-state index in [0.717, 1.165) is 33.8 Å². The molecule has 0 aliphatic heterocycles. The van der Waals surface area contributed by atoms with Gasteiger partial charge in [0.2, 0.25) is 0 Å². The number of hydrogen-bond donors (Lipinski definition) is 2. The molecule has 0 spiro atoms. The summed E-state index contributed by atoms with van der Waals surface area (Å²) in [5.41, 5.74) is 1.92. The van der Waals surface area contributed by atoms with Crippen LogP contribution in [0.4, 0.5) is 11.6 Å². The first kappa shape index (κ1) is 14.6. The van der Waals surface area contributed by atoms with Gasteiger partial charge in [-0.25, -0.2) is 0 Å². The maximum absolute atomic E-state index is 10.2. The minimum atomic E-state index is -0.870. The van der Waals surface area contributed by atoms with Crippen LogP contribution in [0.5, 0.6) is 0 Å². The summed E-state index contributed by atoms with van der Waals surface area (Å²) in [6.45, 7) is 5.52. The van der Waals surface area contributed by atoms with Crippen molar-refractivity contribution in [3.63, 3.8) is 0 Å². The minimum absolute atomic E-state index is 0.780. The van der Waals surface area contributed by atoms with E-state index in [1.165, 1.54) is 0 Å². The zero-order valence-electron chi connectivity index (χ0n) is 13.5. The number of aromatic nitrogens is 4. The van der Waals surface area contributed by atoms with Crippen molar-refractivity contribution in [2.24, 2.45) is 14.1 Å². The van der Waals surface area contributed by atoms with Crippen molar-refractivity contribution in [3.05, 3.63) is 35.5 Å². The van der Waals surface area contributed by atoms with E-state index in [1.54, 1.807) is 18.5 Å². The van der Waals surface area contributed by atoms with Crippen LogP contribution in [-0.2, 0) is 19.7 Å². The Morgan fingerprint density at radius 1 is 1.09 bits per heavy atom. The predicted octanol–water partition coefficient (Wildman–Crippen LogP) is 2.59. The number of aliphatic hydroxyl groups is 1. The zero-order chi connectivity index (χ0) is 16.1. The van der Waals surface area contributed by atoms with Gasteiger partial charge < -0.3 is 10.4 Å². The third-order valence-corrected chi connectivity index (χ3v) is 3.81. The quantitative estimate of drug-likeness (QED) is 0.780. The molecule has 2 heterocycles. The number of benzene rings is 1. The molecule has 1 aromatic carbocycles. The first-order valence-corrected chi connectivity index (χ1v) is 7.23. The molecule has 3 rings (SSSR count). The second kappa shape index (κ2) is 4.84. The number of fused-ring (bicyclic) bond motifs is 1. The Hall–Kier alpha value is -2.34. The first-order valence-electron chi connectivity index (χ1n) is 7.23. The Bertz CT molecular complexity index is 838. The van der Waals surface area contributed by atoms with Crippen molar-refractivity contribution in [1.82, 2.24) is 19.6 Å². The van der Waals surface area contributed by atoms with Gasteiger partial charge in [-0.2, -0.15) is 10.2 Å². The highest BCUT2D eigenvalue weighted by Crippen LogP contribution is 2.29. The number of nitrogens with zero attached hydrogens (tertiary/aromatic N) is 4. The van der Waals surface area contributed by atoms with E-state index >= 15 is 0 Å². The molecule has 0 bridgehead atoms. The van der Waals surface area contributed by atoms with E-state index in [9.17, 15) is 5.11 Å². The average Bonchev–Trinajstić information content (AvgIpc) is 2.90. The highest BCUT2D eigenvalue weighted by molar-refractivity contribution is 5.92. The van der Waals surface area contributed by atoms with Crippen LogP contribution in [0.3, 0.4) is 0 Å². The predicted molar refractivity (Wildman–Crippen MR) is 87.2 cm³/mol. The molecule has 22 heavy (non-hydrogen) atoms. The van der Waals surface area contributed by atoms with Crippen LogP contribution in [0, 0.1) is 6.92 Å². The molecule has 0 aliphatic rings. The van der Waals surface area contributed by atoms with Gasteiger partial charge in [0.05, 0.1) is 16.8 Å². The molecule has 0 radical (unpaired) electrons. The van der Waals surface area contributed by atoms with Gasteiger partial charge in [-0.3, -0.25) is 9.36 Å². The van der Waals surface area contributed by atoms with Crippen LogP contribution < -0.4 is 5.32 Å². The molecule has 0 amide bonds. The fraction of sp³-hybridized carbons (Fsp3) is 0.375. The fourth-order valence-corrected chi connectivity index (χ4v) is 2.58. The first-order chi connectivity index (χ1) is 10.3. The van der Waals surface area contributed by atoms with E-state index in [-0.39, 0.29) is 0 Å². The van der Waals surface area contributed by atoms with Gasteiger partial charge in [0, 0.05) is 25.5 Å². The van der Waals surface area contributed by atoms with Crippen LogP contribution in [-0.4, -0.2) is 24.7 Å². The monoisotopic (exact) mass is 299 g/mol. The lowest BCUT2D eigenvalue weighted by molar-refractivity contribution is 0.0787. The van der Waals surface area contributed by atoms with Gasteiger partial charge in [0.25, 0.3) is 0 Å². The van der Waals surface area contributed by atoms with E-state index in [0.29, 0.717) is 0 Å². The molecule has 3 aromatic rings. The van der Waals surface area contributed by atoms with Crippen molar-refractivity contribution >= 4 is 22.5 Å². The van der Waals surface area contributed by atoms with E-state index in [4.69, 9.17) is 0 Å². The molecule has 0 saturated heterocycles. The maximum atomic E-state index is 10.2. The molecule has 2 aromatic heterocycles. The lowest BCUT2D eigenvalue weighted by atomic mass is 9.97. The van der Waals surface area contributed by atoms with Crippen LogP contribution in [0.15, 0.2) is 24.3 Å². The SMILES string of the molecule is Cc1cc(Nc2nn(C)c3cc(C(C)(C)O)ccc23)n(C)n1. The Morgan fingerprint density at radius 3 is 2.41 bits per heavy atom. The summed E-state index contributed by atoms with van der Waals surface area (Å²) in [6.07, 6.45) is 0. The van der Waals surface area contributed by atoms with Gasteiger partial charge in [0.1, 0.15) is 5.82 Å². The zero-order valence-corrected chi connectivity index (χ0v) is 13.5. The van der Waals surface area contributed by atoms with Gasteiger partial charge in [0.15, 0.2) is 5.82 Å². The minimum Gasteiger partial charge on any atom is -0.386 e. The summed E-state index contributed by atoms with van der Waals surface area (Å²) >= 11 is 0. The van der Waals surface area contributed by atoms with Gasteiger partial charge in [-0.05, 0) is 38.5 Å². The van der Waals surface area contributed by atoms with Crippen molar-refractivity contribution < 1.29 is 5.11 Å². The van der Waals surface area contributed by atoms with E-state index < -0.39 is 5.60 Å². The van der Waals surface area contributed by atoms with Crippen LogP contribution in [0.25, 0.3) is 10.9 Å². The molecule has 2 N–H and O–H groups in total. The highest BCUT2D eigenvalue weighted by Gasteiger charge is 2.18. The molecule has 6 nitrogen and oxygen atoms in total. The molecule has 6 heteroatoms. The largest absolute Gasteiger partial charge is 0.386 e. The molecule has 0 aliphatic carbocycles. The van der Waals surface area contributed by atoms with Gasteiger partial charge in [-0.1, -0.05) is 6.07 Å².